The second kappa shape index (κ2) is 3.73. The Morgan fingerprint density at radius 1 is 1.50 bits per heavy atom. The van der Waals surface area contributed by atoms with E-state index in [0.717, 1.165) is 12.2 Å². The summed E-state index contributed by atoms with van der Waals surface area (Å²) < 4.78 is 0. The molecule has 0 saturated carbocycles. The van der Waals surface area contributed by atoms with E-state index in [1.807, 2.05) is 27.7 Å². The molecule has 1 fully saturated rings. The molecular formula is C10H18N2OS. The first kappa shape index (κ1) is 11.8. The molecule has 0 aromatic rings. The second-order valence-electron chi connectivity index (χ2n) is 5.08. The lowest BCUT2D eigenvalue weighted by Gasteiger charge is -2.35. The SMILES string of the molecule is CC1(C)CC(CSC#N)C(C)(C)N1O. The van der Waals surface area contributed by atoms with Crippen LogP contribution in [0.25, 0.3) is 0 Å². The van der Waals surface area contributed by atoms with Crippen molar-refractivity contribution < 1.29 is 5.21 Å². The van der Waals surface area contributed by atoms with E-state index in [0.29, 0.717) is 5.92 Å². The Hall–Kier alpha value is -0.240. The number of hydrogen-bond acceptors (Lipinski definition) is 4. The molecule has 0 radical (unpaired) electrons. The van der Waals surface area contributed by atoms with Crippen LogP contribution >= 0.6 is 11.8 Å². The molecule has 1 aliphatic rings. The van der Waals surface area contributed by atoms with Gasteiger partial charge in [0, 0.05) is 16.8 Å². The molecule has 0 amide bonds. The summed E-state index contributed by atoms with van der Waals surface area (Å²) in [6.07, 6.45) is 0.936. The minimum atomic E-state index is -0.229. The zero-order valence-electron chi connectivity index (χ0n) is 9.24. The predicted octanol–water partition coefficient (Wildman–Crippen LogP) is 2.47. The third-order valence-electron chi connectivity index (χ3n) is 3.21. The van der Waals surface area contributed by atoms with Crippen LogP contribution in [-0.4, -0.2) is 27.1 Å². The fourth-order valence-corrected chi connectivity index (χ4v) is 3.09. The van der Waals surface area contributed by atoms with Crippen molar-refractivity contribution in [3.8, 4) is 5.40 Å². The van der Waals surface area contributed by atoms with E-state index in [1.165, 1.54) is 16.8 Å². The van der Waals surface area contributed by atoms with Gasteiger partial charge in [-0.15, -0.1) is 0 Å². The fraction of sp³-hybridized carbons (Fsp3) is 0.900. The van der Waals surface area contributed by atoms with Crippen LogP contribution in [0.5, 0.6) is 0 Å². The molecule has 1 saturated heterocycles. The lowest BCUT2D eigenvalue weighted by Crippen LogP contribution is -2.47. The highest BCUT2D eigenvalue weighted by molar-refractivity contribution is 8.03. The van der Waals surface area contributed by atoms with Crippen LogP contribution in [0.15, 0.2) is 0 Å². The maximum Gasteiger partial charge on any atom is 0.133 e. The van der Waals surface area contributed by atoms with Gasteiger partial charge < -0.3 is 5.21 Å². The lowest BCUT2D eigenvalue weighted by atomic mass is 9.89. The molecular weight excluding hydrogens is 196 g/mol. The third-order valence-corrected chi connectivity index (χ3v) is 3.91. The van der Waals surface area contributed by atoms with Crippen LogP contribution in [-0.2, 0) is 0 Å². The summed E-state index contributed by atoms with van der Waals surface area (Å²) in [5.41, 5.74) is -0.405. The monoisotopic (exact) mass is 214 g/mol. The maximum absolute atomic E-state index is 10.00. The maximum atomic E-state index is 10.00. The van der Waals surface area contributed by atoms with Crippen molar-refractivity contribution in [1.29, 1.82) is 5.26 Å². The topological polar surface area (TPSA) is 47.3 Å². The van der Waals surface area contributed by atoms with E-state index in [-0.39, 0.29) is 11.1 Å². The molecule has 1 aliphatic heterocycles. The summed E-state index contributed by atoms with van der Waals surface area (Å²) in [7, 11) is 0. The molecule has 1 rings (SSSR count). The Morgan fingerprint density at radius 2 is 2.07 bits per heavy atom. The molecule has 0 aromatic heterocycles. The minimum Gasteiger partial charge on any atom is -0.313 e. The quantitative estimate of drug-likeness (QED) is 0.717. The van der Waals surface area contributed by atoms with Crippen LogP contribution in [0.1, 0.15) is 34.1 Å². The zero-order chi connectivity index (χ0) is 11.0. The summed E-state index contributed by atoms with van der Waals surface area (Å²) in [6, 6.07) is 0. The van der Waals surface area contributed by atoms with Gasteiger partial charge in [-0.1, -0.05) is 0 Å². The molecule has 0 aliphatic carbocycles. The van der Waals surface area contributed by atoms with Crippen molar-refractivity contribution in [2.45, 2.75) is 45.2 Å². The summed E-state index contributed by atoms with van der Waals surface area (Å²) in [5.74, 6) is 1.16. The average molecular weight is 214 g/mol. The van der Waals surface area contributed by atoms with E-state index in [1.54, 1.807) is 0 Å². The van der Waals surface area contributed by atoms with E-state index in [4.69, 9.17) is 5.26 Å². The average Bonchev–Trinajstić information content (AvgIpc) is 2.23. The van der Waals surface area contributed by atoms with Crippen molar-refractivity contribution in [2.75, 3.05) is 5.75 Å². The summed E-state index contributed by atoms with van der Waals surface area (Å²) in [4.78, 5) is 0. The van der Waals surface area contributed by atoms with Crippen LogP contribution in [0, 0.1) is 16.6 Å². The Morgan fingerprint density at radius 3 is 2.43 bits per heavy atom. The van der Waals surface area contributed by atoms with Gasteiger partial charge in [-0.25, -0.2) is 0 Å². The minimum absolute atomic E-state index is 0.176. The van der Waals surface area contributed by atoms with Crippen LogP contribution < -0.4 is 0 Å². The number of nitrogens with zero attached hydrogens (tertiary/aromatic N) is 2. The number of hydroxylamine groups is 2. The first-order chi connectivity index (χ1) is 6.32. The van der Waals surface area contributed by atoms with E-state index < -0.39 is 0 Å². The number of rotatable bonds is 2. The normalized spacial score (nSPS) is 30.1. The summed E-state index contributed by atoms with van der Waals surface area (Å²) >= 11 is 1.28. The van der Waals surface area contributed by atoms with Gasteiger partial charge in [-0.05, 0) is 51.8 Å². The lowest BCUT2D eigenvalue weighted by molar-refractivity contribution is -0.195. The standard InChI is InChI=1S/C10H18N2OS/c1-9(2)5-8(6-14-7-11)10(3,4)12(9)13/h8,13H,5-6H2,1-4H3. The van der Waals surface area contributed by atoms with Crippen molar-refractivity contribution in [3.63, 3.8) is 0 Å². The van der Waals surface area contributed by atoms with Crippen LogP contribution in [0.4, 0.5) is 0 Å². The highest BCUT2D eigenvalue weighted by Crippen LogP contribution is 2.44. The highest BCUT2D eigenvalue weighted by Gasteiger charge is 2.50. The molecule has 3 nitrogen and oxygen atoms in total. The third kappa shape index (κ3) is 1.90. The number of thiocyanates is 1. The van der Waals surface area contributed by atoms with E-state index in [2.05, 4.69) is 5.40 Å². The van der Waals surface area contributed by atoms with Crippen molar-refractivity contribution >= 4 is 11.8 Å². The molecule has 4 heteroatoms. The zero-order valence-corrected chi connectivity index (χ0v) is 10.1. The molecule has 0 bridgehead atoms. The molecule has 1 atom stereocenters. The van der Waals surface area contributed by atoms with Gasteiger partial charge in [0.15, 0.2) is 0 Å². The largest absolute Gasteiger partial charge is 0.313 e. The van der Waals surface area contributed by atoms with Crippen molar-refractivity contribution in [1.82, 2.24) is 5.06 Å². The number of nitriles is 1. The Labute approximate surface area is 90.0 Å². The van der Waals surface area contributed by atoms with E-state index in [9.17, 15) is 5.21 Å². The number of hydrogen-bond donors (Lipinski definition) is 1. The summed E-state index contributed by atoms with van der Waals surface area (Å²) in [6.45, 7) is 8.13. The first-order valence-corrected chi connectivity index (χ1v) is 5.81. The fourth-order valence-electron chi connectivity index (χ4n) is 2.29. The molecule has 0 aromatic carbocycles. The molecule has 1 heterocycles. The van der Waals surface area contributed by atoms with Gasteiger partial charge in [-0.3, -0.25) is 0 Å². The molecule has 14 heavy (non-hydrogen) atoms. The van der Waals surface area contributed by atoms with Gasteiger partial charge >= 0.3 is 0 Å². The van der Waals surface area contributed by atoms with Gasteiger partial charge in [0.2, 0.25) is 0 Å². The first-order valence-electron chi connectivity index (χ1n) is 4.82. The molecule has 1 N–H and O–H groups in total. The molecule has 1 unspecified atom stereocenters. The smallest absolute Gasteiger partial charge is 0.133 e. The predicted molar refractivity (Wildman–Crippen MR) is 58.0 cm³/mol. The van der Waals surface area contributed by atoms with E-state index >= 15 is 0 Å². The van der Waals surface area contributed by atoms with Crippen LogP contribution in [0.2, 0.25) is 0 Å². The highest BCUT2D eigenvalue weighted by atomic mass is 32.2. The van der Waals surface area contributed by atoms with Gasteiger partial charge in [0.05, 0.1) is 0 Å². The second-order valence-corrected chi connectivity index (χ2v) is 5.89. The van der Waals surface area contributed by atoms with Crippen molar-refractivity contribution in [3.05, 3.63) is 0 Å². The van der Waals surface area contributed by atoms with Gasteiger partial charge in [0.1, 0.15) is 5.40 Å². The van der Waals surface area contributed by atoms with Gasteiger partial charge in [0.25, 0.3) is 0 Å². The Bertz CT molecular complexity index is 257. The number of thioether (sulfide) groups is 1. The summed E-state index contributed by atoms with van der Waals surface area (Å²) in [5, 5.41) is 22.1. The molecule has 0 spiro atoms. The van der Waals surface area contributed by atoms with Crippen molar-refractivity contribution in [2.24, 2.45) is 5.92 Å². The molecule has 80 valence electrons. The Balaban J connectivity index is 2.76. The van der Waals surface area contributed by atoms with Gasteiger partial charge in [-0.2, -0.15) is 10.3 Å². The Kier molecular flexibility index (Phi) is 3.15. The van der Waals surface area contributed by atoms with Crippen LogP contribution in [0.3, 0.4) is 0 Å².